The van der Waals surface area contributed by atoms with Gasteiger partial charge < -0.3 is 35.8 Å². The number of aliphatic hydroxyl groups excluding tert-OH is 1. The van der Waals surface area contributed by atoms with Gasteiger partial charge in [0.15, 0.2) is 0 Å². The standard InChI is InChI=1S/C35H40N4O8/c1-21(2)31(33(43)37-22(3)34(44)46-19-23-11-5-4-6-12-23)39-30(41)17-36-32(42)29(18-40)38-35(45)47-20-28-26-15-9-7-13-24(26)25-14-8-10-16-27(25)28/h4-16,21-22,28-29,31,40H,17-20H2,1-3H3,(H,36,42)(H,37,43)(H,38,45)(H,39,41)/t22-,29-,31-/m0/s1. The fraction of sp³-hybridized carbons (Fsp3) is 0.343. The Bertz CT molecular complexity index is 1530. The van der Waals surface area contributed by atoms with Gasteiger partial charge in [-0.15, -0.1) is 0 Å². The highest BCUT2D eigenvalue weighted by molar-refractivity contribution is 5.93. The molecule has 3 aromatic rings. The number of amides is 4. The van der Waals surface area contributed by atoms with Gasteiger partial charge in [-0.3, -0.25) is 14.4 Å². The van der Waals surface area contributed by atoms with Crippen LogP contribution in [0.25, 0.3) is 11.1 Å². The van der Waals surface area contributed by atoms with Crippen molar-refractivity contribution in [3.05, 3.63) is 95.6 Å². The van der Waals surface area contributed by atoms with Crippen LogP contribution < -0.4 is 21.3 Å². The van der Waals surface area contributed by atoms with Crippen LogP contribution in [0.4, 0.5) is 4.79 Å². The number of alkyl carbamates (subject to hydrolysis) is 1. The lowest BCUT2D eigenvalue weighted by Gasteiger charge is -2.24. The van der Waals surface area contributed by atoms with E-state index in [1.54, 1.807) is 26.0 Å². The first kappa shape index (κ1) is 34.6. The molecule has 47 heavy (non-hydrogen) atoms. The second kappa shape index (κ2) is 16.4. The molecule has 12 nitrogen and oxygen atoms in total. The fourth-order valence-corrected chi connectivity index (χ4v) is 5.24. The largest absolute Gasteiger partial charge is 0.459 e. The number of benzene rings is 3. The maximum absolute atomic E-state index is 12.9. The van der Waals surface area contributed by atoms with Gasteiger partial charge in [-0.05, 0) is 40.7 Å². The monoisotopic (exact) mass is 644 g/mol. The Labute approximate surface area is 273 Å². The summed E-state index contributed by atoms with van der Waals surface area (Å²) < 4.78 is 10.7. The number of carbonyl (C=O) groups is 5. The van der Waals surface area contributed by atoms with E-state index in [2.05, 4.69) is 21.3 Å². The van der Waals surface area contributed by atoms with Crippen molar-refractivity contribution in [2.24, 2.45) is 5.92 Å². The van der Waals surface area contributed by atoms with Crippen LogP contribution in [0.3, 0.4) is 0 Å². The number of aliphatic hydroxyl groups is 1. The summed E-state index contributed by atoms with van der Waals surface area (Å²) in [6, 6.07) is 21.4. The Morgan fingerprint density at radius 3 is 1.94 bits per heavy atom. The summed E-state index contributed by atoms with van der Waals surface area (Å²) in [5.41, 5.74) is 4.97. The highest BCUT2D eigenvalue weighted by Gasteiger charge is 2.31. The molecule has 0 heterocycles. The van der Waals surface area contributed by atoms with E-state index in [1.165, 1.54) is 6.92 Å². The lowest BCUT2D eigenvalue weighted by Crippen LogP contribution is -2.55. The topological polar surface area (TPSA) is 172 Å². The molecule has 0 saturated heterocycles. The maximum Gasteiger partial charge on any atom is 0.407 e. The number of fused-ring (bicyclic) bond motifs is 3. The molecule has 3 atom stereocenters. The lowest BCUT2D eigenvalue weighted by atomic mass is 9.98. The van der Waals surface area contributed by atoms with Gasteiger partial charge in [0.2, 0.25) is 17.7 Å². The second-order valence-electron chi connectivity index (χ2n) is 11.5. The molecular formula is C35H40N4O8. The van der Waals surface area contributed by atoms with E-state index in [-0.39, 0.29) is 25.0 Å². The van der Waals surface area contributed by atoms with Crippen LogP contribution in [0.1, 0.15) is 43.4 Å². The van der Waals surface area contributed by atoms with Crippen LogP contribution in [0, 0.1) is 5.92 Å². The molecular weight excluding hydrogens is 604 g/mol. The maximum atomic E-state index is 12.9. The predicted octanol–water partition coefficient (Wildman–Crippen LogP) is 2.39. The Kier molecular flexibility index (Phi) is 12.1. The number of carbonyl (C=O) groups excluding carboxylic acids is 5. The van der Waals surface area contributed by atoms with Crippen molar-refractivity contribution in [3.8, 4) is 11.1 Å². The zero-order chi connectivity index (χ0) is 33.9. The second-order valence-corrected chi connectivity index (χ2v) is 11.5. The van der Waals surface area contributed by atoms with E-state index in [0.717, 1.165) is 27.8 Å². The number of hydrogen-bond acceptors (Lipinski definition) is 8. The third-order valence-electron chi connectivity index (χ3n) is 7.76. The minimum absolute atomic E-state index is 0.0179. The zero-order valence-electron chi connectivity index (χ0n) is 26.5. The molecule has 1 aliphatic rings. The first-order valence-corrected chi connectivity index (χ1v) is 15.4. The summed E-state index contributed by atoms with van der Waals surface area (Å²) in [7, 11) is 0. The summed E-state index contributed by atoms with van der Waals surface area (Å²) in [6.45, 7) is 3.69. The normalized spacial score (nSPS) is 13.7. The van der Waals surface area contributed by atoms with Crippen LogP contribution in [-0.4, -0.2) is 72.8 Å². The number of nitrogens with one attached hydrogen (secondary N) is 4. The van der Waals surface area contributed by atoms with Gasteiger partial charge in [0.05, 0.1) is 13.2 Å². The van der Waals surface area contributed by atoms with Crippen molar-refractivity contribution >= 4 is 29.8 Å². The summed E-state index contributed by atoms with van der Waals surface area (Å²) in [5.74, 6) is -3.30. The molecule has 0 unspecified atom stereocenters. The SMILES string of the molecule is CC(C)[C@H](NC(=O)CNC(=O)[C@H](CO)NC(=O)OCC1c2ccccc2-c2ccccc21)C(=O)N[C@@H](C)C(=O)OCc1ccccc1. The van der Waals surface area contributed by atoms with Crippen molar-refractivity contribution in [2.45, 2.75) is 51.4 Å². The Hall–Kier alpha value is -5.23. The van der Waals surface area contributed by atoms with E-state index in [1.807, 2.05) is 66.7 Å². The summed E-state index contributed by atoms with van der Waals surface area (Å²) in [5, 5.41) is 19.5. The smallest absolute Gasteiger partial charge is 0.407 e. The van der Waals surface area contributed by atoms with Gasteiger partial charge in [0, 0.05) is 5.92 Å². The molecule has 0 spiro atoms. The van der Waals surface area contributed by atoms with Crippen molar-refractivity contribution in [1.29, 1.82) is 0 Å². The highest BCUT2D eigenvalue weighted by Crippen LogP contribution is 2.44. The van der Waals surface area contributed by atoms with Crippen LogP contribution in [0.15, 0.2) is 78.9 Å². The fourth-order valence-electron chi connectivity index (χ4n) is 5.24. The predicted molar refractivity (Wildman–Crippen MR) is 173 cm³/mol. The molecule has 4 amide bonds. The van der Waals surface area contributed by atoms with Crippen molar-refractivity contribution < 1.29 is 38.6 Å². The lowest BCUT2D eigenvalue weighted by molar-refractivity contribution is -0.149. The number of hydrogen-bond donors (Lipinski definition) is 5. The molecule has 5 N–H and O–H groups in total. The molecule has 0 saturated carbocycles. The van der Waals surface area contributed by atoms with Crippen LogP contribution in [0.5, 0.6) is 0 Å². The van der Waals surface area contributed by atoms with E-state index < -0.39 is 61.1 Å². The molecule has 12 heteroatoms. The number of esters is 1. The highest BCUT2D eigenvalue weighted by atomic mass is 16.5. The molecule has 0 bridgehead atoms. The molecule has 248 valence electrons. The molecule has 0 aromatic heterocycles. The van der Waals surface area contributed by atoms with Gasteiger partial charge >= 0.3 is 12.1 Å². The van der Waals surface area contributed by atoms with Crippen LogP contribution in [-0.2, 0) is 35.3 Å². The van der Waals surface area contributed by atoms with Gasteiger partial charge in [0.25, 0.3) is 0 Å². The van der Waals surface area contributed by atoms with E-state index in [4.69, 9.17) is 9.47 Å². The minimum atomic E-state index is -1.38. The third-order valence-corrected chi connectivity index (χ3v) is 7.76. The quantitative estimate of drug-likeness (QED) is 0.167. The number of ether oxygens (including phenoxy) is 2. The molecule has 1 aliphatic carbocycles. The molecule has 4 rings (SSSR count). The summed E-state index contributed by atoms with van der Waals surface area (Å²) >= 11 is 0. The average molecular weight is 645 g/mol. The van der Waals surface area contributed by atoms with Crippen molar-refractivity contribution in [3.63, 3.8) is 0 Å². The Balaban J connectivity index is 1.22. The Morgan fingerprint density at radius 2 is 1.34 bits per heavy atom. The Morgan fingerprint density at radius 1 is 0.745 bits per heavy atom. The van der Waals surface area contributed by atoms with Gasteiger partial charge in [-0.2, -0.15) is 0 Å². The minimum Gasteiger partial charge on any atom is -0.459 e. The molecule has 0 aliphatic heterocycles. The van der Waals surface area contributed by atoms with Crippen LogP contribution in [0.2, 0.25) is 0 Å². The first-order valence-electron chi connectivity index (χ1n) is 15.4. The van der Waals surface area contributed by atoms with Gasteiger partial charge in [0.1, 0.15) is 31.3 Å². The van der Waals surface area contributed by atoms with E-state index >= 15 is 0 Å². The third kappa shape index (κ3) is 9.17. The van der Waals surface area contributed by atoms with Crippen molar-refractivity contribution in [1.82, 2.24) is 21.3 Å². The molecule has 0 fully saturated rings. The summed E-state index contributed by atoms with van der Waals surface area (Å²) in [4.78, 5) is 63.2. The van der Waals surface area contributed by atoms with Crippen LogP contribution >= 0.6 is 0 Å². The van der Waals surface area contributed by atoms with Crippen molar-refractivity contribution in [2.75, 3.05) is 19.8 Å². The molecule has 0 radical (unpaired) electrons. The average Bonchev–Trinajstić information content (AvgIpc) is 3.40. The number of rotatable bonds is 14. The molecule has 3 aromatic carbocycles. The first-order chi connectivity index (χ1) is 22.6. The summed E-state index contributed by atoms with van der Waals surface area (Å²) in [6.07, 6.45) is -0.904. The van der Waals surface area contributed by atoms with E-state index in [0.29, 0.717) is 0 Å². The van der Waals surface area contributed by atoms with Gasteiger partial charge in [-0.1, -0.05) is 92.7 Å². The van der Waals surface area contributed by atoms with E-state index in [9.17, 15) is 29.1 Å². The van der Waals surface area contributed by atoms with Gasteiger partial charge in [-0.25, -0.2) is 9.59 Å². The zero-order valence-corrected chi connectivity index (χ0v) is 26.5.